The maximum atomic E-state index is 10.4. The molecule has 0 unspecified atom stereocenters. The average molecular weight is 617 g/mol. The van der Waals surface area contributed by atoms with E-state index < -0.39 is 20.8 Å². The van der Waals surface area contributed by atoms with Gasteiger partial charge in [0, 0.05) is 0 Å². The van der Waals surface area contributed by atoms with Crippen molar-refractivity contribution in [2.45, 2.75) is 52.4 Å². The number of benzene rings is 2. The summed E-state index contributed by atoms with van der Waals surface area (Å²) in [7, 11) is -9.30. The number of hydrogen-bond acceptors (Lipinski definition) is 10. The average Bonchev–Trinajstić information content (AvgIpc) is 2.86. The van der Waals surface area contributed by atoms with Crippen molar-refractivity contribution in [3.63, 3.8) is 0 Å². The summed E-state index contributed by atoms with van der Waals surface area (Å²) in [6.45, 7) is 4.67. The molecule has 0 saturated carbocycles. The Morgan fingerprint density at radius 3 is 1.15 bits per heavy atom. The van der Waals surface area contributed by atoms with Crippen LogP contribution in [0, 0.1) is 0 Å². The monoisotopic (exact) mass is 616 g/mol. The third-order valence-electron chi connectivity index (χ3n) is 5.55. The van der Waals surface area contributed by atoms with Gasteiger partial charge in [0.2, 0.25) is 20.8 Å². The first-order chi connectivity index (χ1) is 18.0. The number of hydrogen-bond donors (Lipinski definition) is 0. The predicted molar refractivity (Wildman–Crippen MR) is 141 cm³/mol. The topological polar surface area (TPSA) is 151 Å². The number of ether oxygens (including phenoxy) is 2. The Morgan fingerprint density at radius 2 is 0.875 bits per heavy atom. The van der Waals surface area contributed by atoms with Crippen LogP contribution in [0.15, 0.2) is 48.5 Å². The van der Waals surface area contributed by atoms with Gasteiger partial charge in [0.25, 0.3) is 0 Å². The Hall–Kier alpha value is -0.480. The van der Waals surface area contributed by atoms with Crippen molar-refractivity contribution in [2.24, 2.45) is 0 Å². The summed E-state index contributed by atoms with van der Waals surface area (Å²) >= 11 is 0. The largest absolute Gasteiger partial charge is 1.00 e. The van der Waals surface area contributed by atoms with Gasteiger partial charge in [-0.1, -0.05) is 38.1 Å². The van der Waals surface area contributed by atoms with E-state index in [1.807, 2.05) is 48.5 Å². The summed E-state index contributed by atoms with van der Waals surface area (Å²) in [5, 5.41) is 0. The van der Waals surface area contributed by atoms with Crippen LogP contribution in [0.25, 0.3) is 11.1 Å². The molecule has 14 heteroatoms. The van der Waals surface area contributed by atoms with Crippen molar-refractivity contribution in [2.75, 3.05) is 26.4 Å². The van der Waals surface area contributed by atoms with E-state index in [0.29, 0.717) is 50.4 Å². The van der Waals surface area contributed by atoms with Gasteiger partial charge >= 0.3 is 59.1 Å². The van der Waals surface area contributed by atoms with Gasteiger partial charge < -0.3 is 18.6 Å². The fourth-order valence-corrected chi connectivity index (χ4v) is 4.44. The molecular weight excluding hydrogens is 582 g/mol. The predicted octanol–water partition coefficient (Wildman–Crippen LogP) is -1.30. The Morgan fingerprint density at radius 1 is 0.575 bits per heavy atom. The van der Waals surface area contributed by atoms with E-state index in [-0.39, 0.29) is 72.3 Å². The summed E-state index contributed by atoms with van der Waals surface area (Å²) < 4.78 is 82.3. The van der Waals surface area contributed by atoms with Crippen LogP contribution in [-0.2, 0) is 29.2 Å². The van der Waals surface area contributed by atoms with Crippen molar-refractivity contribution < 1.29 is 103 Å². The molecule has 2 rings (SSSR count). The van der Waals surface area contributed by atoms with Gasteiger partial charge in [-0.2, -0.15) is 0 Å². The molecule has 0 radical (unpaired) electrons. The zero-order chi connectivity index (χ0) is 28.0. The van der Waals surface area contributed by atoms with E-state index in [0.717, 1.165) is 24.0 Å². The van der Waals surface area contributed by atoms with Gasteiger partial charge in [0.1, 0.15) is 11.5 Å². The van der Waals surface area contributed by atoms with Crippen LogP contribution in [0.5, 0.6) is 11.5 Å². The molecule has 0 spiro atoms. The second kappa shape index (κ2) is 20.4. The van der Waals surface area contributed by atoms with Crippen LogP contribution < -0.4 is 68.6 Å². The van der Waals surface area contributed by atoms with Crippen molar-refractivity contribution in [3.8, 4) is 11.5 Å². The van der Waals surface area contributed by atoms with Crippen LogP contribution >= 0.6 is 0 Å². The maximum Gasteiger partial charge on any atom is 1.00 e. The zero-order valence-electron chi connectivity index (χ0n) is 23.6. The summed E-state index contributed by atoms with van der Waals surface area (Å²) in [5.41, 5.74) is 4.62. The number of rotatable bonds is 18. The molecular formula is C26H34Na2O10S2. The van der Waals surface area contributed by atoms with Gasteiger partial charge in [-0.05, 0) is 85.1 Å². The molecule has 0 amide bonds. The molecule has 0 aliphatic heterocycles. The third kappa shape index (κ3) is 16.2. The van der Waals surface area contributed by atoms with Crippen molar-refractivity contribution in [3.05, 3.63) is 59.7 Å². The molecule has 0 bridgehead atoms. The molecule has 10 nitrogen and oxygen atoms in total. The van der Waals surface area contributed by atoms with Gasteiger partial charge in [-0.15, -0.1) is 0 Å². The van der Waals surface area contributed by atoms with Gasteiger partial charge in [0.15, 0.2) is 0 Å². The quantitative estimate of drug-likeness (QED) is 0.0650. The SMILES string of the molecule is CC/C(=C(/CC)c1ccc(OCCCCOS(=O)(=O)[O-])cc1)c1ccc(OCCCCOS(=O)(=O)[O-])cc1.[Na+].[Na+]. The van der Waals surface area contributed by atoms with Crippen molar-refractivity contribution in [1.29, 1.82) is 0 Å². The minimum Gasteiger partial charge on any atom is -0.726 e. The minimum absolute atomic E-state index is 0. The van der Waals surface area contributed by atoms with Crippen LogP contribution in [0.1, 0.15) is 63.5 Å². The molecule has 0 aromatic heterocycles. The van der Waals surface area contributed by atoms with Crippen LogP contribution in [0.3, 0.4) is 0 Å². The van der Waals surface area contributed by atoms with E-state index in [9.17, 15) is 25.9 Å². The molecule has 0 atom stereocenters. The van der Waals surface area contributed by atoms with Gasteiger partial charge in [-0.25, -0.2) is 16.8 Å². The Labute approximate surface area is 282 Å². The second-order valence-corrected chi connectivity index (χ2v) is 10.4. The molecule has 2 aromatic carbocycles. The summed E-state index contributed by atoms with van der Waals surface area (Å²) in [5.74, 6) is 1.39. The molecule has 40 heavy (non-hydrogen) atoms. The van der Waals surface area contributed by atoms with Gasteiger partial charge in [0.05, 0.1) is 26.4 Å². The van der Waals surface area contributed by atoms with Crippen molar-refractivity contribution in [1.82, 2.24) is 0 Å². The molecule has 212 valence electrons. The number of allylic oxidation sites excluding steroid dienone is 2. The van der Waals surface area contributed by atoms with Crippen LogP contribution in [0.4, 0.5) is 0 Å². The maximum absolute atomic E-state index is 10.4. The molecule has 0 saturated heterocycles. The smallest absolute Gasteiger partial charge is 0.726 e. The Bertz CT molecular complexity index is 1130. The molecule has 0 aliphatic carbocycles. The van der Waals surface area contributed by atoms with Crippen LogP contribution in [-0.4, -0.2) is 52.4 Å². The molecule has 0 N–H and O–H groups in total. The number of unbranched alkanes of at least 4 members (excludes halogenated alkanes) is 2. The van der Waals surface area contributed by atoms with Gasteiger partial charge in [-0.3, -0.25) is 8.37 Å². The molecule has 2 aromatic rings. The first kappa shape index (κ1) is 39.5. The Balaban J connectivity index is 0.00000760. The van der Waals surface area contributed by atoms with E-state index in [2.05, 4.69) is 22.2 Å². The summed E-state index contributed by atoms with van der Waals surface area (Å²) in [4.78, 5) is 0. The second-order valence-electron chi connectivity index (χ2n) is 8.28. The third-order valence-corrected chi connectivity index (χ3v) is 6.46. The van der Waals surface area contributed by atoms with E-state index in [1.165, 1.54) is 11.1 Å². The Kier molecular flexibility index (Phi) is 20.2. The summed E-state index contributed by atoms with van der Waals surface area (Å²) in [6.07, 6.45) is 3.58. The molecule has 0 fully saturated rings. The first-order valence-electron chi connectivity index (χ1n) is 12.4. The molecule has 0 aliphatic rings. The molecule has 0 heterocycles. The first-order valence-corrected chi connectivity index (χ1v) is 15.1. The fraction of sp³-hybridized carbons (Fsp3) is 0.462. The fourth-order valence-electron chi connectivity index (χ4n) is 3.80. The van der Waals surface area contributed by atoms with Crippen LogP contribution in [0.2, 0.25) is 0 Å². The summed E-state index contributed by atoms with van der Waals surface area (Å²) in [6, 6.07) is 15.6. The minimum atomic E-state index is -4.65. The van der Waals surface area contributed by atoms with E-state index in [4.69, 9.17) is 9.47 Å². The van der Waals surface area contributed by atoms with E-state index >= 15 is 0 Å². The van der Waals surface area contributed by atoms with Crippen molar-refractivity contribution >= 4 is 31.9 Å². The van der Waals surface area contributed by atoms with E-state index in [1.54, 1.807) is 0 Å². The normalized spacial score (nSPS) is 12.1. The standard InChI is InChI=1S/C26H36O10S2.2Na/c1-3-25(21-9-13-23(14-10-21)33-17-5-7-19-35-37(27,28)29)26(4-2)22-11-15-24(16-12-22)34-18-6-8-20-36-38(30,31)32;;/h9-16H,3-8,17-20H2,1-2H3,(H,27,28,29)(H,30,31,32);;/q;2*+1/p-2/b26-25+;;. The zero-order valence-corrected chi connectivity index (χ0v) is 29.2.